The Bertz CT molecular complexity index is 423. The van der Waals surface area contributed by atoms with E-state index in [-0.39, 0.29) is 5.92 Å². The maximum atomic E-state index is 8.87. The molecule has 0 aromatic heterocycles. The molecule has 17 heavy (non-hydrogen) atoms. The van der Waals surface area contributed by atoms with Gasteiger partial charge in [0.05, 0.1) is 6.07 Å². The summed E-state index contributed by atoms with van der Waals surface area (Å²) in [6.45, 7) is 4.27. The standard InChI is InChI=1S/C15H20N2/c1-11-3-8-15(12(2)9-11)17-14-6-4-13(10-16)5-7-14/h3,8-9,13-14,17H,4-7H2,1-2H3. The summed E-state index contributed by atoms with van der Waals surface area (Å²) in [4.78, 5) is 0. The SMILES string of the molecule is Cc1ccc(NC2CCC(C#N)CC2)c(C)c1. The smallest absolute Gasteiger partial charge is 0.0655 e. The quantitative estimate of drug-likeness (QED) is 0.835. The van der Waals surface area contributed by atoms with Crippen molar-refractivity contribution in [3.63, 3.8) is 0 Å². The molecule has 1 aliphatic rings. The maximum Gasteiger partial charge on any atom is 0.0655 e. The number of aryl methyl sites for hydroxylation is 2. The van der Waals surface area contributed by atoms with Gasteiger partial charge in [-0.15, -0.1) is 0 Å². The molecule has 2 rings (SSSR count). The van der Waals surface area contributed by atoms with Crippen molar-refractivity contribution in [2.45, 2.75) is 45.6 Å². The fourth-order valence-corrected chi connectivity index (χ4v) is 2.56. The molecule has 1 aromatic carbocycles. The number of nitrogens with one attached hydrogen (secondary N) is 1. The number of nitrogens with zero attached hydrogens (tertiary/aromatic N) is 1. The second-order valence-corrected chi connectivity index (χ2v) is 5.14. The van der Waals surface area contributed by atoms with E-state index in [4.69, 9.17) is 5.26 Å². The minimum atomic E-state index is 0.284. The van der Waals surface area contributed by atoms with Crippen molar-refractivity contribution in [3.05, 3.63) is 29.3 Å². The topological polar surface area (TPSA) is 35.8 Å². The van der Waals surface area contributed by atoms with Crippen molar-refractivity contribution in [1.29, 1.82) is 5.26 Å². The first-order chi connectivity index (χ1) is 8.19. The van der Waals surface area contributed by atoms with Crippen LogP contribution in [0, 0.1) is 31.1 Å². The second kappa shape index (κ2) is 5.23. The molecule has 2 nitrogen and oxygen atoms in total. The zero-order chi connectivity index (χ0) is 12.3. The van der Waals surface area contributed by atoms with Gasteiger partial charge in [-0.2, -0.15) is 5.26 Å². The van der Waals surface area contributed by atoms with Gasteiger partial charge in [0.1, 0.15) is 0 Å². The summed E-state index contributed by atoms with van der Waals surface area (Å²) < 4.78 is 0. The zero-order valence-electron chi connectivity index (χ0n) is 10.7. The average Bonchev–Trinajstić information content (AvgIpc) is 2.34. The Hall–Kier alpha value is -1.49. The monoisotopic (exact) mass is 228 g/mol. The molecule has 1 N–H and O–H groups in total. The number of hydrogen-bond donors (Lipinski definition) is 1. The van der Waals surface area contributed by atoms with Crippen molar-refractivity contribution in [3.8, 4) is 6.07 Å². The van der Waals surface area contributed by atoms with Crippen molar-refractivity contribution in [2.24, 2.45) is 5.92 Å². The fourth-order valence-electron chi connectivity index (χ4n) is 2.56. The third-order valence-corrected chi connectivity index (χ3v) is 3.65. The molecule has 1 fully saturated rings. The van der Waals surface area contributed by atoms with Crippen LogP contribution in [0.5, 0.6) is 0 Å². The van der Waals surface area contributed by atoms with E-state index >= 15 is 0 Å². The van der Waals surface area contributed by atoms with Crippen LogP contribution in [0.4, 0.5) is 5.69 Å². The predicted octanol–water partition coefficient (Wildman–Crippen LogP) is 3.80. The molecule has 0 aliphatic heterocycles. The molecule has 1 saturated carbocycles. The second-order valence-electron chi connectivity index (χ2n) is 5.14. The van der Waals surface area contributed by atoms with E-state index in [0.29, 0.717) is 6.04 Å². The van der Waals surface area contributed by atoms with E-state index in [0.717, 1.165) is 25.7 Å². The zero-order valence-corrected chi connectivity index (χ0v) is 10.7. The molecule has 0 amide bonds. The minimum Gasteiger partial charge on any atom is -0.382 e. The van der Waals surface area contributed by atoms with Crippen molar-refractivity contribution < 1.29 is 0 Å². The summed E-state index contributed by atoms with van der Waals surface area (Å²) in [6, 6.07) is 9.45. The molecular weight excluding hydrogens is 208 g/mol. The molecule has 2 heteroatoms. The summed E-state index contributed by atoms with van der Waals surface area (Å²) >= 11 is 0. The van der Waals surface area contributed by atoms with E-state index in [1.54, 1.807) is 0 Å². The van der Waals surface area contributed by atoms with Gasteiger partial charge in [0, 0.05) is 17.6 Å². The lowest BCUT2D eigenvalue weighted by atomic mass is 9.87. The first kappa shape index (κ1) is 12.0. The number of anilines is 1. The van der Waals surface area contributed by atoms with Gasteiger partial charge in [-0.05, 0) is 51.2 Å². The predicted molar refractivity (Wildman–Crippen MR) is 70.9 cm³/mol. The highest BCUT2D eigenvalue weighted by molar-refractivity contribution is 5.52. The number of rotatable bonds is 2. The molecule has 0 bridgehead atoms. The van der Waals surface area contributed by atoms with Gasteiger partial charge in [0.15, 0.2) is 0 Å². The Morgan fingerprint density at radius 1 is 1.18 bits per heavy atom. The third-order valence-electron chi connectivity index (χ3n) is 3.65. The molecule has 1 aliphatic carbocycles. The molecule has 0 radical (unpaired) electrons. The van der Waals surface area contributed by atoms with E-state index in [9.17, 15) is 0 Å². The van der Waals surface area contributed by atoms with E-state index in [1.165, 1.54) is 16.8 Å². The lowest BCUT2D eigenvalue weighted by Gasteiger charge is -2.27. The van der Waals surface area contributed by atoms with E-state index < -0.39 is 0 Å². The Morgan fingerprint density at radius 2 is 1.88 bits per heavy atom. The number of benzene rings is 1. The van der Waals surface area contributed by atoms with Crippen molar-refractivity contribution >= 4 is 5.69 Å². The largest absolute Gasteiger partial charge is 0.382 e. The first-order valence-corrected chi connectivity index (χ1v) is 6.42. The Balaban J connectivity index is 1.96. The van der Waals surface area contributed by atoms with Crippen molar-refractivity contribution in [1.82, 2.24) is 0 Å². The highest BCUT2D eigenvalue weighted by atomic mass is 14.9. The van der Waals surface area contributed by atoms with Crippen LogP contribution in [-0.4, -0.2) is 6.04 Å². The number of nitriles is 1. The van der Waals surface area contributed by atoms with Gasteiger partial charge in [-0.3, -0.25) is 0 Å². The highest BCUT2D eigenvalue weighted by Crippen LogP contribution is 2.27. The third kappa shape index (κ3) is 3.00. The Labute approximate surface area is 104 Å². The minimum absolute atomic E-state index is 0.284. The Morgan fingerprint density at radius 3 is 2.47 bits per heavy atom. The lowest BCUT2D eigenvalue weighted by Crippen LogP contribution is -2.25. The normalized spacial score (nSPS) is 24.1. The van der Waals surface area contributed by atoms with Crippen LogP contribution in [0.25, 0.3) is 0 Å². The summed E-state index contributed by atoms with van der Waals surface area (Å²) in [6.07, 6.45) is 4.31. The van der Waals surface area contributed by atoms with Crippen LogP contribution in [0.3, 0.4) is 0 Å². The van der Waals surface area contributed by atoms with Gasteiger partial charge in [0.25, 0.3) is 0 Å². The molecule has 0 spiro atoms. The molecule has 0 heterocycles. The summed E-state index contributed by atoms with van der Waals surface area (Å²) in [7, 11) is 0. The molecule has 0 saturated heterocycles. The van der Waals surface area contributed by atoms with Crippen LogP contribution in [0.1, 0.15) is 36.8 Å². The number of hydrogen-bond acceptors (Lipinski definition) is 2. The summed E-state index contributed by atoms with van der Waals surface area (Å²) in [5, 5.41) is 12.5. The maximum absolute atomic E-state index is 8.87. The average molecular weight is 228 g/mol. The highest BCUT2D eigenvalue weighted by Gasteiger charge is 2.20. The van der Waals surface area contributed by atoms with Crippen LogP contribution in [0.15, 0.2) is 18.2 Å². The van der Waals surface area contributed by atoms with Gasteiger partial charge in [-0.1, -0.05) is 17.7 Å². The van der Waals surface area contributed by atoms with Gasteiger partial charge in [0.2, 0.25) is 0 Å². The van der Waals surface area contributed by atoms with Gasteiger partial charge >= 0.3 is 0 Å². The van der Waals surface area contributed by atoms with Gasteiger partial charge in [-0.25, -0.2) is 0 Å². The first-order valence-electron chi connectivity index (χ1n) is 6.42. The lowest BCUT2D eigenvalue weighted by molar-refractivity contribution is 0.397. The molecule has 0 unspecified atom stereocenters. The molecule has 90 valence electrons. The van der Waals surface area contributed by atoms with Crippen LogP contribution >= 0.6 is 0 Å². The Kier molecular flexibility index (Phi) is 3.68. The van der Waals surface area contributed by atoms with Gasteiger partial charge < -0.3 is 5.32 Å². The fraction of sp³-hybridized carbons (Fsp3) is 0.533. The van der Waals surface area contributed by atoms with Crippen LogP contribution in [-0.2, 0) is 0 Å². The molecule has 0 atom stereocenters. The summed E-state index contributed by atoms with van der Waals surface area (Å²) in [5.41, 5.74) is 3.87. The van der Waals surface area contributed by atoms with Crippen LogP contribution < -0.4 is 5.32 Å². The molecular formula is C15H20N2. The summed E-state index contributed by atoms with van der Waals surface area (Å²) in [5.74, 6) is 0.284. The molecule has 1 aromatic rings. The van der Waals surface area contributed by atoms with Crippen LogP contribution in [0.2, 0.25) is 0 Å². The van der Waals surface area contributed by atoms with E-state index in [2.05, 4.69) is 43.4 Å². The van der Waals surface area contributed by atoms with E-state index in [1.807, 2.05) is 0 Å². The van der Waals surface area contributed by atoms with Crippen molar-refractivity contribution in [2.75, 3.05) is 5.32 Å².